The molecule has 0 saturated heterocycles. The van der Waals surface area contributed by atoms with Gasteiger partial charge in [-0.05, 0) is 61.4 Å². The number of carbonyl (C=O) groups excluding carboxylic acids is 1. The lowest BCUT2D eigenvalue weighted by Crippen LogP contribution is -2.23. The molecule has 2 aromatic heterocycles. The van der Waals surface area contributed by atoms with E-state index >= 15 is 0 Å². The Bertz CT molecular complexity index is 1290. The Labute approximate surface area is 192 Å². The van der Waals surface area contributed by atoms with Gasteiger partial charge in [0.15, 0.2) is 0 Å². The molecule has 3 heterocycles. The molecule has 0 bridgehead atoms. The molecular formula is C27H26N2O4. The highest BCUT2D eigenvalue weighted by molar-refractivity contribution is 5.78. The van der Waals surface area contributed by atoms with Gasteiger partial charge in [0.05, 0.1) is 31.3 Å². The second-order valence-corrected chi connectivity index (χ2v) is 8.16. The standard InChI is InChI=1S/C27H26N2O4/c1-18-9-11-23(25(14-18)31-2)29-20(10-12-26(30)28-16-21-6-5-13-32-21)15-19-17-33-24-8-4-3-7-22(24)27(19)29/h3-9,11,13-15H,10,12,16-17H2,1-2H3,(H,28,30). The van der Waals surface area contributed by atoms with Crippen molar-refractivity contribution >= 4 is 5.91 Å². The molecule has 33 heavy (non-hydrogen) atoms. The highest BCUT2D eigenvalue weighted by Gasteiger charge is 2.26. The number of ether oxygens (including phenoxy) is 2. The normalized spacial score (nSPS) is 11.9. The molecule has 5 rings (SSSR count). The summed E-state index contributed by atoms with van der Waals surface area (Å²) < 4.78 is 19.3. The maximum atomic E-state index is 12.6. The van der Waals surface area contributed by atoms with Gasteiger partial charge in [0.1, 0.15) is 23.9 Å². The third-order valence-electron chi connectivity index (χ3n) is 5.91. The molecule has 0 saturated carbocycles. The number of aromatic nitrogens is 1. The topological polar surface area (TPSA) is 65.6 Å². The Hall–Kier alpha value is -3.93. The maximum Gasteiger partial charge on any atom is 0.220 e. The summed E-state index contributed by atoms with van der Waals surface area (Å²) in [5.41, 5.74) is 6.34. The molecule has 1 aliphatic rings. The molecule has 6 nitrogen and oxygen atoms in total. The first-order valence-corrected chi connectivity index (χ1v) is 11.0. The van der Waals surface area contributed by atoms with E-state index in [2.05, 4.69) is 34.1 Å². The molecule has 168 valence electrons. The van der Waals surface area contributed by atoms with Crippen LogP contribution in [-0.2, 0) is 24.4 Å². The van der Waals surface area contributed by atoms with Crippen LogP contribution in [0.25, 0.3) is 16.9 Å². The second kappa shape index (κ2) is 8.90. The van der Waals surface area contributed by atoms with E-state index in [9.17, 15) is 4.79 Å². The van der Waals surface area contributed by atoms with Crippen LogP contribution in [0, 0.1) is 6.92 Å². The number of nitrogens with one attached hydrogen (secondary N) is 1. The number of rotatable bonds is 7. The van der Waals surface area contributed by atoms with Gasteiger partial charge in [-0.3, -0.25) is 4.79 Å². The summed E-state index contributed by atoms with van der Waals surface area (Å²) >= 11 is 0. The smallest absolute Gasteiger partial charge is 0.220 e. The zero-order chi connectivity index (χ0) is 22.8. The van der Waals surface area contributed by atoms with Crippen LogP contribution >= 0.6 is 0 Å². The molecule has 6 heteroatoms. The van der Waals surface area contributed by atoms with Gasteiger partial charge in [0, 0.05) is 23.2 Å². The summed E-state index contributed by atoms with van der Waals surface area (Å²) in [6.07, 6.45) is 2.55. The van der Waals surface area contributed by atoms with E-state index in [1.165, 1.54) is 0 Å². The highest BCUT2D eigenvalue weighted by Crippen LogP contribution is 2.42. The van der Waals surface area contributed by atoms with Crippen molar-refractivity contribution in [1.82, 2.24) is 9.88 Å². The predicted octanol–water partition coefficient (Wildman–Crippen LogP) is 5.20. The molecule has 2 aromatic carbocycles. The number of amides is 1. The molecule has 0 unspecified atom stereocenters. The highest BCUT2D eigenvalue weighted by atomic mass is 16.5. The number of carbonyl (C=O) groups is 1. The summed E-state index contributed by atoms with van der Waals surface area (Å²) in [7, 11) is 1.69. The predicted molar refractivity (Wildman–Crippen MR) is 126 cm³/mol. The zero-order valence-corrected chi connectivity index (χ0v) is 18.8. The average Bonchev–Trinajstić information content (AvgIpc) is 3.49. The molecular weight excluding hydrogens is 416 g/mol. The number of benzene rings is 2. The number of methoxy groups -OCH3 is 1. The molecule has 4 aromatic rings. The van der Waals surface area contributed by atoms with E-state index in [4.69, 9.17) is 13.9 Å². The van der Waals surface area contributed by atoms with Crippen molar-refractivity contribution < 1.29 is 18.7 Å². The number of hydrogen-bond donors (Lipinski definition) is 1. The Balaban J connectivity index is 1.51. The minimum atomic E-state index is -0.0235. The van der Waals surface area contributed by atoms with Gasteiger partial charge < -0.3 is 23.8 Å². The molecule has 1 N–H and O–H groups in total. The number of furan rings is 1. The fourth-order valence-electron chi connectivity index (χ4n) is 4.33. The number of aryl methyl sites for hydroxylation is 2. The number of hydrogen-bond acceptors (Lipinski definition) is 4. The van der Waals surface area contributed by atoms with Crippen LogP contribution in [0.2, 0.25) is 0 Å². The second-order valence-electron chi connectivity index (χ2n) is 8.16. The molecule has 0 aliphatic carbocycles. The summed E-state index contributed by atoms with van der Waals surface area (Å²) in [6.45, 7) is 2.92. The van der Waals surface area contributed by atoms with E-state index in [0.717, 1.165) is 51.0 Å². The Morgan fingerprint density at radius 2 is 2.00 bits per heavy atom. The number of nitrogens with zero attached hydrogens (tertiary/aromatic N) is 1. The summed E-state index contributed by atoms with van der Waals surface area (Å²) in [5, 5.41) is 2.93. The van der Waals surface area contributed by atoms with Crippen molar-refractivity contribution in [2.75, 3.05) is 7.11 Å². The lowest BCUT2D eigenvalue weighted by atomic mass is 10.0. The van der Waals surface area contributed by atoms with Crippen molar-refractivity contribution in [3.63, 3.8) is 0 Å². The Morgan fingerprint density at radius 3 is 2.82 bits per heavy atom. The number of para-hydroxylation sites is 1. The molecule has 1 aliphatic heterocycles. The van der Waals surface area contributed by atoms with Gasteiger partial charge in [-0.15, -0.1) is 0 Å². The van der Waals surface area contributed by atoms with E-state index in [1.807, 2.05) is 43.3 Å². The number of fused-ring (bicyclic) bond motifs is 3. The molecule has 1 amide bonds. The average molecular weight is 443 g/mol. The van der Waals surface area contributed by atoms with Crippen molar-refractivity contribution in [3.05, 3.63) is 89.5 Å². The van der Waals surface area contributed by atoms with Crippen LogP contribution in [0.4, 0.5) is 0 Å². The van der Waals surface area contributed by atoms with Crippen molar-refractivity contribution in [2.45, 2.75) is 32.9 Å². The van der Waals surface area contributed by atoms with Crippen LogP contribution in [-0.4, -0.2) is 17.6 Å². The fourth-order valence-corrected chi connectivity index (χ4v) is 4.33. The first-order valence-electron chi connectivity index (χ1n) is 11.0. The first-order chi connectivity index (χ1) is 16.1. The van der Waals surface area contributed by atoms with E-state index in [-0.39, 0.29) is 5.91 Å². The van der Waals surface area contributed by atoms with Crippen LogP contribution in [0.1, 0.15) is 29.0 Å². The molecule has 0 spiro atoms. The van der Waals surface area contributed by atoms with Crippen molar-refractivity contribution in [1.29, 1.82) is 0 Å². The van der Waals surface area contributed by atoms with Crippen molar-refractivity contribution in [2.24, 2.45) is 0 Å². The lowest BCUT2D eigenvalue weighted by Gasteiger charge is -2.22. The van der Waals surface area contributed by atoms with Gasteiger partial charge in [0.25, 0.3) is 0 Å². The van der Waals surface area contributed by atoms with Gasteiger partial charge in [-0.2, -0.15) is 0 Å². The van der Waals surface area contributed by atoms with E-state index in [1.54, 1.807) is 13.4 Å². The van der Waals surface area contributed by atoms with Gasteiger partial charge >= 0.3 is 0 Å². The van der Waals surface area contributed by atoms with Crippen molar-refractivity contribution in [3.8, 4) is 28.4 Å². The van der Waals surface area contributed by atoms with Crippen LogP contribution in [0.15, 0.2) is 71.3 Å². The van der Waals surface area contributed by atoms with Gasteiger partial charge in [-0.1, -0.05) is 18.2 Å². The Kier molecular flexibility index (Phi) is 5.65. The fraction of sp³-hybridized carbons (Fsp3) is 0.222. The third kappa shape index (κ3) is 4.12. The molecule has 0 atom stereocenters. The lowest BCUT2D eigenvalue weighted by molar-refractivity contribution is -0.121. The quantitative estimate of drug-likeness (QED) is 0.427. The minimum absolute atomic E-state index is 0.0235. The maximum absolute atomic E-state index is 12.6. The summed E-state index contributed by atoms with van der Waals surface area (Å²) in [5.74, 6) is 2.36. The van der Waals surface area contributed by atoms with Crippen LogP contribution in [0.3, 0.4) is 0 Å². The van der Waals surface area contributed by atoms with Crippen LogP contribution < -0.4 is 14.8 Å². The van der Waals surface area contributed by atoms with E-state index < -0.39 is 0 Å². The molecule has 0 radical (unpaired) electrons. The summed E-state index contributed by atoms with van der Waals surface area (Å²) in [4.78, 5) is 12.6. The van der Waals surface area contributed by atoms with Gasteiger partial charge in [-0.25, -0.2) is 0 Å². The van der Waals surface area contributed by atoms with Gasteiger partial charge in [0.2, 0.25) is 5.91 Å². The largest absolute Gasteiger partial charge is 0.495 e. The zero-order valence-electron chi connectivity index (χ0n) is 18.8. The first kappa shape index (κ1) is 20.9. The Morgan fingerprint density at radius 1 is 1.12 bits per heavy atom. The monoisotopic (exact) mass is 442 g/mol. The molecule has 0 fully saturated rings. The van der Waals surface area contributed by atoms with E-state index in [0.29, 0.717) is 26.0 Å². The summed E-state index contributed by atoms with van der Waals surface area (Å²) in [6, 6.07) is 20.1. The SMILES string of the molecule is COc1cc(C)ccc1-n1c(CCC(=O)NCc2ccco2)cc2c1-c1ccccc1OC2. The third-order valence-corrected chi connectivity index (χ3v) is 5.91. The van der Waals surface area contributed by atoms with Crippen LogP contribution in [0.5, 0.6) is 11.5 Å². The minimum Gasteiger partial charge on any atom is -0.495 e.